The van der Waals surface area contributed by atoms with Crippen LogP contribution in [0.3, 0.4) is 0 Å². The number of hydrogen-bond donors (Lipinski definition) is 2. The first-order valence-corrected chi connectivity index (χ1v) is 7.97. The van der Waals surface area contributed by atoms with E-state index in [0.717, 1.165) is 18.2 Å². The van der Waals surface area contributed by atoms with Crippen molar-refractivity contribution < 1.29 is 23.4 Å². The molecule has 0 fully saturated rings. The average Bonchev–Trinajstić information content (AvgIpc) is 2.40. The molecule has 0 aliphatic carbocycles. The highest BCUT2D eigenvalue weighted by atomic mass is 35.5. The fourth-order valence-corrected chi connectivity index (χ4v) is 3.47. The SMILES string of the molecule is O=C(O)c1ccc(NS(=O)(=O)c2cc(Cl)ccc2Cl)cc1[O-]. The lowest BCUT2D eigenvalue weighted by atomic mass is 10.2. The standard InChI is InChI=1S/C13H9Cl2NO5S/c14-7-1-4-10(15)12(5-7)22(20,21)16-8-2-3-9(13(18)19)11(17)6-8/h1-6,16-17H,(H,18,19)/p-1. The van der Waals surface area contributed by atoms with Crippen LogP contribution in [0.1, 0.15) is 10.4 Å². The van der Waals surface area contributed by atoms with E-state index in [4.69, 9.17) is 28.3 Å². The monoisotopic (exact) mass is 360 g/mol. The van der Waals surface area contributed by atoms with Crippen LogP contribution in [0.2, 0.25) is 10.0 Å². The molecule has 0 amide bonds. The van der Waals surface area contributed by atoms with Crippen molar-refractivity contribution in [1.29, 1.82) is 0 Å². The number of rotatable bonds is 4. The topological polar surface area (TPSA) is 107 Å². The van der Waals surface area contributed by atoms with Gasteiger partial charge in [0, 0.05) is 10.7 Å². The van der Waals surface area contributed by atoms with Gasteiger partial charge in [-0.3, -0.25) is 4.72 Å². The Morgan fingerprint density at radius 1 is 1.14 bits per heavy atom. The molecule has 6 nitrogen and oxygen atoms in total. The average molecular weight is 361 g/mol. The lowest BCUT2D eigenvalue weighted by Gasteiger charge is -2.14. The molecule has 0 bridgehead atoms. The second-order valence-electron chi connectivity index (χ2n) is 4.20. The van der Waals surface area contributed by atoms with E-state index in [-0.39, 0.29) is 20.6 Å². The zero-order valence-electron chi connectivity index (χ0n) is 10.7. The minimum absolute atomic E-state index is 0.0404. The molecule has 2 aromatic rings. The van der Waals surface area contributed by atoms with Gasteiger partial charge in [0.2, 0.25) is 0 Å². The smallest absolute Gasteiger partial charge is 0.335 e. The molecule has 0 atom stereocenters. The molecule has 22 heavy (non-hydrogen) atoms. The van der Waals surface area contributed by atoms with Gasteiger partial charge in [0.25, 0.3) is 10.0 Å². The van der Waals surface area contributed by atoms with Crippen molar-refractivity contribution in [3.63, 3.8) is 0 Å². The number of benzene rings is 2. The Morgan fingerprint density at radius 2 is 1.82 bits per heavy atom. The Bertz CT molecular complexity index is 852. The second-order valence-corrected chi connectivity index (χ2v) is 6.69. The van der Waals surface area contributed by atoms with Gasteiger partial charge < -0.3 is 10.2 Å². The first-order chi connectivity index (χ1) is 10.2. The summed E-state index contributed by atoms with van der Waals surface area (Å²) in [5, 5.41) is 20.5. The summed E-state index contributed by atoms with van der Waals surface area (Å²) in [5.41, 5.74) is -0.533. The number of carbonyl (C=O) groups is 1. The third-order valence-electron chi connectivity index (χ3n) is 2.65. The molecule has 0 spiro atoms. The summed E-state index contributed by atoms with van der Waals surface area (Å²) < 4.78 is 26.6. The minimum atomic E-state index is -4.07. The number of carboxylic acids is 1. The maximum absolute atomic E-state index is 12.2. The lowest BCUT2D eigenvalue weighted by molar-refractivity contribution is -0.268. The summed E-state index contributed by atoms with van der Waals surface area (Å²) in [6.45, 7) is 0. The normalized spacial score (nSPS) is 11.2. The van der Waals surface area contributed by atoms with Gasteiger partial charge in [0.1, 0.15) is 4.90 Å². The van der Waals surface area contributed by atoms with Crippen LogP contribution < -0.4 is 9.83 Å². The molecule has 116 valence electrons. The Labute approximate surface area is 136 Å². The summed E-state index contributed by atoms with van der Waals surface area (Å²) in [6, 6.07) is 6.98. The predicted octanol–water partition coefficient (Wildman–Crippen LogP) is 2.57. The van der Waals surface area contributed by atoms with Gasteiger partial charge in [0.15, 0.2) is 0 Å². The Hall–Kier alpha value is -1.96. The van der Waals surface area contributed by atoms with Crippen LogP contribution in [0.4, 0.5) is 5.69 Å². The van der Waals surface area contributed by atoms with E-state index >= 15 is 0 Å². The highest BCUT2D eigenvalue weighted by molar-refractivity contribution is 7.92. The van der Waals surface area contributed by atoms with E-state index in [1.165, 1.54) is 18.2 Å². The molecular weight excluding hydrogens is 353 g/mol. The maximum Gasteiger partial charge on any atom is 0.335 e. The molecule has 0 radical (unpaired) electrons. The molecule has 2 rings (SSSR count). The molecule has 0 unspecified atom stereocenters. The largest absolute Gasteiger partial charge is 0.872 e. The number of sulfonamides is 1. The number of aromatic carboxylic acids is 1. The van der Waals surface area contributed by atoms with Crippen LogP contribution in [0.15, 0.2) is 41.3 Å². The van der Waals surface area contributed by atoms with Gasteiger partial charge in [0.05, 0.1) is 10.6 Å². The van der Waals surface area contributed by atoms with Crippen molar-refractivity contribution >= 4 is 44.9 Å². The van der Waals surface area contributed by atoms with Gasteiger partial charge in [-0.25, -0.2) is 13.2 Å². The first kappa shape index (κ1) is 16.4. The zero-order chi connectivity index (χ0) is 16.5. The van der Waals surface area contributed by atoms with E-state index in [1.54, 1.807) is 0 Å². The number of anilines is 1. The Balaban J connectivity index is 2.39. The van der Waals surface area contributed by atoms with Crippen LogP contribution in [-0.4, -0.2) is 19.5 Å². The van der Waals surface area contributed by atoms with Crippen molar-refractivity contribution in [3.8, 4) is 5.75 Å². The van der Waals surface area contributed by atoms with Crippen molar-refractivity contribution in [2.24, 2.45) is 0 Å². The molecule has 0 aliphatic rings. The number of hydrogen-bond acceptors (Lipinski definition) is 4. The lowest BCUT2D eigenvalue weighted by Crippen LogP contribution is -2.14. The van der Waals surface area contributed by atoms with Crippen molar-refractivity contribution in [3.05, 3.63) is 52.0 Å². The third kappa shape index (κ3) is 3.44. The van der Waals surface area contributed by atoms with E-state index < -0.39 is 27.3 Å². The number of nitrogens with one attached hydrogen (secondary N) is 1. The van der Waals surface area contributed by atoms with E-state index in [9.17, 15) is 18.3 Å². The summed E-state index contributed by atoms with van der Waals surface area (Å²) in [7, 11) is -4.07. The molecule has 0 aliphatic heterocycles. The summed E-state index contributed by atoms with van der Waals surface area (Å²) in [5.74, 6) is -2.21. The van der Waals surface area contributed by atoms with E-state index in [2.05, 4.69) is 4.72 Å². The number of halogens is 2. The van der Waals surface area contributed by atoms with Crippen LogP contribution in [0, 0.1) is 0 Å². The molecule has 0 saturated carbocycles. The van der Waals surface area contributed by atoms with Crippen molar-refractivity contribution in [2.75, 3.05) is 4.72 Å². The minimum Gasteiger partial charge on any atom is -0.872 e. The maximum atomic E-state index is 12.2. The molecule has 2 aromatic carbocycles. The molecular formula is C13H8Cl2NO5S-. The zero-order valence-corrected chi connectivity index (χ0v) is 13.0. The fourth-order valence-electron chi connectivity index (χ4n) is 1.66. The van der Waals surface area contributed by atoms with Crippen LogP contribution in [-0.2, 0) is 10.0 Å². The highest BCUT2D eigenvalue weighted by Gasteiger charge is 2.19. The van der Waals surface area contributed by atoms with Crippen LogP contribution in [0.25, 0.3) is 0 Å². The molecule has 0 saturated heterocycles. The van der Waals surface area contributed by atoms with Gasteiger partial charge >= 0.3 is 5.97 Å². The quantitative estimate of drug-likeness (QED) is 0.871. The second kappa shape index (κ2) is 6.04. The van der Waals surface area contributed by atoms with Crippen molar-refractivity contribution in [2.45, 2.75) is 4.90 Å². The summed E-state index contributed by atoms with van der Waals surface area (Å²) >= 11 is 11.6. The highest BCUT2D eigenvalue weighted by Crippen LogP contribution is 2.28. The fraction of sp³-hybridized carbons (Fsp3) is 0. The van der Waals surface area contributed by atoms with Crippen LogP contribution >= 0.6 is 23.2 Å². The predicted molar refractivity (Wildman–Crippen MR) is 80.1 cm³/mol. The van der Waals surface area contributed by atoms with E-state index in [1.807, 2.05) is 0 Å². The first-order valence-electron chi connectivity index (χ1n) is 5.73. The molecule has 9 heteroatoms. The molecule has 2 N–H and O–H groups in total. The van der Waals surface area contributed by atoms with Gasteiger partial charge in [-0.05, 0) is 36.4 Å². The van der Waals surface area contributed by atoms with Gasteiger partial charge in [-0.15, -0.1) is 0 Å². The third-order valence-corrected chi connectivity index (χ3v) is 4.74. The summed E-state index contributed by atoms with van der Waals surface area (Å²) in [6.07, 6.45) is 0. The van der Waals surface area contributed by atoms with Gasteiger partial charge in [-0.1, -0.05) is 29.0 Å². The summed E-state index contributed by atoms with van der Waals surface area (Å²) in [4.78, 5) is 10.5. The molecule has 0 aromatic heterocycles. The van der Waals surface area contributed by atoms with E-state index in [0.29, 0.717) is 0 Å². The van der Waals surface area contributed by atoms with Crippen molar-refractivity contribution in [1.82, 2.24) is 0 Å². The van der Waals surface area contributed by atoms with Gasteiger partial charge in [-0.2, -0.15) is 0 Å². The van der Waals surface area contributed by atoms with Crippen LogP contribution in [0.5, 0.6) is 5.75 Å². The number of carboxylic acid groups (broad SMARTS) is 1. The Morgan fingerprint density at radius 3 is 2.41 bits per heavy atom. The molecule has 0 heterocycles. The Kier molecular flexibility index (Phi) is 4.50.